The molecule has 0 radical (unpaired) electrons. The summed E-state index contributed by atoms with van der Waals surface area (Å²) < 4.78 is 5.68. The zero-order chi connectivity index (χ0) is 14.8. The topological polar surface area (TPSA) is 58.6 Å². The Labute approximate surface area is 123 Å². The zero-order valence-corrected chi connectivity index (χ0v) is 11.8. The molecule has 4 heteroatoms. The molecule has 21 heavy (non-hydrogen) atoms. The van der Waals surface area contributed by atoms with Crippen LogP contribution in [0.4, 0.5) is 5.69 Å². The van der Waals surface area contributed by atoms with Crippen molar-refractivity contribution >= 4 is 11.7 Å². The van der Waals surface area contributed by atoms with Crippen LogP contribution in [0.5, 0.6) is 5.75 Å². The van der Waals surface area contributed by atoms with Gasteiger partial charge in [0.1, 0.15) is 11.9 Å². The van der Waals surface area contributed by atoms with Gasteiger partial charge in [-0.3, -0.25) is 0 Å². The molecule has 1 heterocycles. The average molecular weight is 283 g/mol. The number of ether oxygens (including phenoxy) is 1. The van der Waals surface area contributed by atoms with E-state index >= 15 is 0 Å². The van der Waals surface area contributed by atoms with Gasteiger partial charge in [0, 0.05) is 18.7 Å². The lowest BCUT2D eigenvalue weighted by molar-refractivity contribution is 0.0697. The summed E-state index contributed by atoms with van der Waals surface area (Å²) in [5, 5.41) is 12.2. The van der Waals surface area contributed by atoms with E-state index in [2.05, 4.69) is 18.3 Å². The first-order valence-electron chi connectivity index (χ1n) is 6.97. The smallest absolute Gasteiger partial charge is 0.335 e. The number of aromatic carboxylic acids is 1. The van der Waals surface area contributed by atoms with Gasteiger partial charge < -0.3 is 15.2 Å². The van der Waals surface area contributed by atoms with Gasteiger partial charge in [0.05, 0.1) is 5.56 Å². The Bertz CT molecular complexity index is 681. The Hall–Kier alpha value is -2.49. The van der Waals surface area contributed by atoms with E-state index in [1.165, 1.54) is 5.56 Å². The summed E-state index contributed by atoms with van der Waals surface area (Å²) in [5.74, 6) is 0.0569. The molecule has 0 saturated carbocycles. The van der Waals surface area contributed by atoms with E-state index in [1.54, 1.807) is 18.2 Å². The van der Waals surface area contributed by atoms with Crippen molar-refractivity contribution in [3.05, 3.63) is 59.2 Å². The van der Waals surface area contributed by atoms with Crippen molar-refractivity contribution in [2.24, 2.45) is 0 Å². The molecular formula is C17H17NO3. The minimum Gasteiger partial charge on any atom is -0.490 e. The summed E-state index contributed by atoms with van der Waals surface area (Å²) in [4.78, 5) is 10.9. The van der Waals surface area contributed by atoms with Crippen LogP contribution in [-0.2, 0) is 13.0 Å². The number of benzene rings is 2. The molecule has 2 aromatic carbocycles. The minimum absolute atomic E-state index is 0.246. The molecule has 1 aliphatic rings. The van der Waals surface area contributed by atoms with E-state index in [9.17, 15) is 4.79 Å². The SMILES string of the molecule is C[C@@H]1Cc2cc(CNc3cccc(C(=O)O)c3)ccc2O1. The van der Waals surface area contributed by atoms with E-state index in [0.29, 0.717) is 6.54 Å². The van der Waals surface area contributed by atoms with Crippen molar-refractivity contribution in [3.63, 3.8) is 0 Å². The third kappa shape index (κ3) is 2.99. The maximum atomic E-state index is 10.9. The molecule has 1 aliphatic heterocycles. The number of carboxylic acid groups (broad SMARTS) is 1. The average Bonchev–Trinajstić information content (AvgIpc) is 2.84. The standard InChI is InChI=1S/C17H17NO3/c1-11-7-14-8-12(5-6-16(14)21-11)10-18-15-4-2-3-13(9-15)17(19)20/h2-6,8-9,11,18H,7,10H2,1H3,(H,19,20)/t11-/m1/s1. The minimum atomic E-state index is -0.915. The van der Waals surface area contributed by atoms with Crippen LogP contribution in [-0.4, -0.2) is 17.2 Å². The largest absolute Gasteiger partial charge is 0.490 e. The maximum absolute atomic E-state index is 10.9. The van der Waals surface area contributed by atoms with Gasteiger partial charge in [-0.1, -0.05) is 18.2 Å². The van der Waals surface area contributed by atoms with Crippen molar-refractivity contribution in [2.75, 3.05) is 5.32 Å². The normalized spacial score (nSPS) is 16.1. The predicted octanol–water partition coefficient (Wildman–Crippen LogP) is 3.32. The molecule has 0 unspecified atom stereocenters. The number of carboxylic acids is 1. The highest BCUT2D eigenvalue weighted by Gasteiger charge is 2.18. The third-order valence-corrected chi connectivity index (χ3v) is 3.57. The molecule has 1 atom stereocenters. The highest BCUT2D eigenvalue weighted by molar-refractivity contribution is 5.88. The number of fused-ring (bicyclic) bond motifs is 1. The number of hydrogen-bond acceptors (Lipinski definition) is 3. The van der Waals surface area contributed by atoms with Crippen molar-refractivity contribution in [1.29, 1.82) is 0 Å². The summed E-state index contributed by atoms with van der Waals surface area (Å²) in [6, 6.07) is 13.0. The molecule has 3 rings (SSSR count). The van der Waals surface area contributed by atoms with Gasteiger partial charge in [0.25, 0.3) is 0 Å². The molecule has 0 saturated heterocycles. The molecule has 0 amide bonds. The number of carbonyl (C=O) groups is 1. The first-order chi connectivity index (χ1) is 10.1. The molecule has 108 valence electrons. The van der Waals surface area contributed by atoms with Crippen LogP contribution in [0.15, 0.2) is 42.5 Å². The van der Waals surface area contributed by atoms with Crippen molar-refractivity contribution in [2.45, 2.75) is 26.0 Å². The second-order valence-corrected chi connectivity index (χ2v) is 5.31. The number of hydrogen-bond donors (Lipinski definition) is 2. The van der Waals surface area contributed by atoms with Crippen LogP contribution in [0.25, 0.3) is 0 Å². The molecule has 0 aliphatic carbocycles. The maximum Gasteiger partial charge on any atom is 0.335 e. The Morgan fingerprint density at radius 2 is 2.19 bits per heavy atom. The van der Waals surface area contributed by atoms with Gasteiger partial charge >= 0.3 is 5.97 Å². The second-order valence-electron chi connectivity index (χ2n) is 5.31. The van der Waals surface area contributed by atoms with Gasteiger partial charge in [0.15, 0.2) is 0 Å². The van der Waals surface area contributed by atoms with Crippen LogP contribution in [0, 0.1) is 0 Å². The first kappa shape index (κ1) is 13.5. The Morgan fingerprint density at radius 1 is 1.33 bits per heavy atom. The van der Waals surface area contributed by atoms with Gasteiger partial charge in [-0.15, -0.1) is 0 Å². The van der Waals surface area contributed by atoms with Gasteiger partial charge in [-0.25, -0.2) is 4.79 Å². The van der Waals surface area contributed by atoms with Crippen molar-refractivity contribution < 1.29 is 14.6 Å². The van der Waals surface area contributed by atoms with Gasteiger partial charge in [0.2, 0.25) is 0 Å². The lowest BCUT2D eigenvalue weighted by atomic mass is 10.1. The van der Waals surface area contributed by atoms with E-state index in [1.807, 2.05) is 18.2 Å². The van der Waals surface area contributed by atoms with E-state index in [-0.39, 0.29) is 11.7 Å². The highest BCUT2D eigenvalue weighted by Crippen LogP contribution is 2.29. The third-order valence-electron chi connectivity index (χ3n) is 3.57. The summed E-state index contributed by atoms with van der Waals surface area (Å²) in [6.07, 6.45) is 1.19. The van der Waals surface area contributed by atoms with Gasteiger partial charge in [-0.05, 0) is 42.3 Å². The first-order valence-corrected chi connectivity index (χ1v) is 6.97. The number of anilines is 1. The molecular weight excluding hydrogens is 266 g/mol. The van der Waals surface area contributed by atoms with Crippen LogP contribution in [0.1, 0.15) is 28.4 Å². The van der Waals surface area contributed by atoms with E-state index < -0.39 is 5.97 Å². The molecule has 0 bridgehead atoms. The summed E-state index contributed by atoms with van der Waals surface area (Å²) >= 11 is 0. The lowest BCUT2D eigenvalue weighted by Crippen LogP contribution is -2.05. The molecule has 2 aromatic rings. The molecule has 0 spiro atoms. The van der Waals surface area contributed by atoms with Crippen molar-refractivity contribution in [1.82, 2.24) is 0 Å². The monoisotopic (exact) mass is 283 g/mol. The molecule has 0 fully saturated rings. The van der Waals surface area contributed by atoms with Crippen molar-refractivity contribution in [3.8, 4) is 5.75 Å². The Balaban J connectivity index is 1.70. The summed E-state index contributed by atoms with van der Waals surface area (Å²) in [7, 11) is 0. The molecule has 4 nitrogen and oxygen atoms in total. The fraction of sp³-hybridized carbons (Fsp3) is 0.235. The van der Waals surface area contributed by atoms with E-state index in [4.69, 9.17) is 9.84 Å². The summed E-state index contributed by atoms with van der Waals surface area (Å²) in [5.41, 5.74) is 3.49. The zero-order valence-electron chi connectivity index (χ0n) is 11.8. The lowest BCUT2D eigenvalue weighted by Gasteiger charge is -2.08. The number of nitrogens with one attached hydrogen (secondary N) is 1. The van der Waals surface area contributed by atoms with Crippen LogP contribution in [0.2, 0.25) is 0 Å². The van der Waals surface area contributed by atoms with Crippen LogP contribution < -0.4 is 10.1 Å². The quantitative estimate of drug-likeness (QED) is 0.903. The number of rotatable bonds is 4. The molecule has 0 aromatic heterocycles. The fourth-order valence-corrected chi connectivity index (χ4v) is 2.55. The fourth-order valence-electron chi connectivity index (χ4n) is 2.55. The highest BCUT2D eigenvalue weighted by atomic mass is 16.5. The van der Waals surface area contributed by atoms with Crippen LogP contribution >= 0.6 is 0 Å². The van der Waals surface area contributed by atoms with E-state index in [0.717, 1.165) is 23.4 Å². The Kier molecular flexibility index (Phi) is 3.52. The Morgan fingerprint density at radius 3 is 3.00 bits per heavy atom. The summed E-state index contributed by atoms with van der Waals surface area (Å²) in [6.45, 7) is 2.72. The molecule has 2 N–H and O–H groups in total. The predicted molar refractivity (Wildman–Crippen MR) is 81.0 cm³/mol. The van der Waals surface area contributed by atoms with Crippen LogP contribution in [0.3, 0.4) is 0 Å². The second kappa shape index (κ2) is 5.48. The van der Waals surface area contributed by atoms with Gasteiger partial charge in [-0.2, -0.15) is 0 Å².